The van der Waals surface area contributed by atoms with Gasteiger partial charge < -0.3 is 0 Å². The summed E-state index contributed by atoms with van der Waals surface area (Å²) < 4.78 is 27.0. The van der Waals surface area contributed by atoms with Gasteiger partial charge >= 0.3 is 0 Å². The quantitative estimate of drug-likeness (QED) is 0.679. The van der Waals surface area contributed by atoms with E-state index in [-0.39, 0.29) is 0 Å². The average Bonchev–Trinajstić information content (AvgIpc) is 2.85. The van der Waals surface area contributed by atoms with E-state index in [2.05, 4.69) is 10.5 Å². The standard InChI is InChI=1S/C13H9ClF2N2OS/c1-7(11-4-5-12(14)20-11)17-18-13(19)9-6-8(15)2-3-10(9)16/h2-6H,1H3,(H,18,19)/b17-7+. The summed E-state index contributed by atoms with van der Waals surface area (Å²) in [7, 11) is 0. The van der Waals surface area contributed by atoms with Gasteiger partial charge in [0, 0.05) is 0 Å². The Kier molecular flexibility index (Phi) is 4.46. The van der Waals surface area contributed by atoms with Crippen molar-refractivity contribution < 1.29 is 13.6 Å². The first-order valence-electron chi connectivity index (χ1n) is 5.53. The van der Waals surface area contributed by atoms with Gasteiger partial charge in [-0.25, -0.2) is 14.2 Å². The van der Waals surface area contributed by atoms with Crippen molar-refractivity contribution in [2.24, 2.45) is 5.10 Å². The lowest BCUT2D eigenvalue weighted by Crippen LogP contribution is -2.20. The number of hydrogen-bond donors (Lipinski definition) is 1. The highest BCUT2D eigenvalue weighted by atomic mass is 35.5. The van der Waals surface area contributed by atoms with E-state index in [9.17, 15) is 13.6 Å². The fourth-order valence-corrected chi connectivity index (χ4v) is 2.42. The highest BCUT2D eigenvalue weighted by Gasteiger charge is 2.12. The second kappa shape index (κ2) is 6.11. The Morgan fingerprint density at radius 3 is 2.70 bits per heavy atom. The van der Waals surface area contributed by atoms with E-state index in [4.69, 9.17) is 11.6 Å². The van der Waals surface area contributed by atoms with Crippen molar-refractivity contribution in [1.29, 1.82) is 0 Å². The summed E-state index contributed by atoms with van der Waals surface area (Å²) in [5.41, 5.74) is 2.30. The smallest absolute Gasteiger partial charge is 0.267 e. The Morgan fingerprint density at radius 1 is 1.30 bits per heavy atom. The maximum Gasteiger partial charge on any atom is 0.274 e. The van der Waals surface area contributed by atoms with Crippen molar-refractivity contribution in [2.75, 3.05) is 0 Å². The maximum absolute atomic E-state index is 13.4. The second-order valence-electron chi connectivity index (χ2n) is 3.87. The first-order valence-corrected chi connectivity index (χ1v) is 6.72. The summed E-state index contributed by atoms with van der Waals surface area (Å²) in [6, 6.07) is 6.10. The molecular formula is C13H9ClF2N2OS. The zero-order chi connectivity index (χ0) is 14.7. The summed E-state index contributed by atoms with van der Waals surface area (Å²) in [5, 5.41) is 3.83. The van der Waals surface area contributed by atoms with Crippen LogP contribution in [0, 0.1) is 11.6 Å². The van der Waals surface area contributed by atoms with Gasteiger partial charge in [0.05, 0.1) is 20.5 Å². The van der Waals surface area contributed by atoms with Gasteiger partial charge in [-0.05, 0) is 37.3 Å². The molecule has 0 aliphatic heterocycles. The molecule has 1 heterocycles. The average molecular weight is 315 g/mol. The van der Waals surface area contributed by atoms with E-state index >= 15 is 0 Å². The van der Waals surface area contributed by atoms with Crippen molar-refractivity contribution in [3.8, 4) is 0 Å². The van der Waals surface area contributed by atoms with Crippen LogP contribution in [0.25, 0.3) is 0 Å². The summed E-state index contributed by atoms with van der Waals surface area (Å²) in [6.45, 7) is 1.67. The van der Waals surface area contributed by atoms with E-state index in [0.717, 1.165) is 23.1 Å². The number of carbonyl (C=O) groups is 1. The van der Waals surface area contributed by atoms with E-state index in [1.165, 1.54) is 11.3 Å². The van der Waals surface area contributed by atoms with Crippen molar-refractivity contribution >= 4 is 34.6 Å². The minimum Gasteiger partial charge on any atom is -0.267 e. The Hall–Kier alpha value is -1.79. The molecule has 1 N–H and O–H groups in total. The number of carbonyl (C=O) groups excluding carboxylic acids is 1. The summed E-state index contributed by atoms with van der Waals surface area (Å²) >= 11 is 7.08. The van der Waals surface area contributed by atoms with Crippen LogP contribution in [0.1, 0.15) is 22.2 Å². The fourth-order valence-electron chi connectivity index (χ4n) is 1.43. The molecule has 1 aromatic heterocycles. The normalized spacial score (nSPS) is 11.5. The third-order valence-electron chi connectivity index (χ3n) is 2.43. The Morgan fingerprint density at radius 2 is 2.05 bits per heavy atom. The van der Waals surface area contributed by atoms with Crippen LogP contribution in [-0.2, 0) is 0 Å². The van der Waals surface area contributed by atoms with Crippen LogP contribution in [0.5, 0.6) is 0 Å². The molecule has 0 saturated carbocycles. The van der Waals surface area contributed by atoms with Crippen LogP contribution < -0.4 is 5.43 Å². The molecule has 104 valence electrons. The first-order chi connectivity index (χ1) is 9.47. The van der Waals surface area contributed by atoms with E-state index in [1.54, 1.807) is 19.1 Å². The summed E-state index contributed by atoms with van der Waals surface area (Å²) in [4.78, 5) is 12.5. The molecular weight excluding hydrogens is 306 g/mol. The van der Waals surface area contributed by atoms with Gasteiger partial charge in [-0.2, -0.15) is 5.10 Å². The number of nitrogens with zero attached hydrogens (tertiary/aromatic N) is 1. The summed E-state index contributed by atoms with van der Waals surface area (Å²) in [6.07, 6.45) is 0. The highest BCUT2D eigenvalue weighted by Crippen LogP contribution is 2.21. The molecule has 1 aromatic carbocycles. The SMILES string of the molecule is C/C(=N\NC(=O)c1cc(F)ccc1F)c1ccc(Cl)s1. The van der Waals surface area contributed by atoms with Crippen LogP contribution in [0.3, 0.4) is 0 Å². The first kappa shape index (κ1) is 14.6. The number of rotatable bonds is 3. The number of amides is 1. The Bertz CT molecular complexity index is 685. The van der Waals surface area contributed by atoms with Crippen molar-refractivity contribution in [2.45, 2.75) is 6.92 Å². The van der Waals surface area contributed by atoms with Gasteiger partial charge in [-0.15, -0.1) is 11.3 Å². The molecule has 3 nitrogen and oxygen atoms in total. The van der Waals surface area contributed by atoms with Crippen LogP contribution in [0.4, 0.5) is 8.78 Å². The molecule has 0 saturated heterocycles. The largest absolute Gasteiger partial charge is 0.274 e. The zero-order valence-electron chi connectivity index (χ0n) is 10.3. The molecule has 0 spiro atoms. The van der Waals surface area contributed by atoms with Crippen LogP contribution in [0.15, 0.2) is 35.4 Å². The third kappa shape index (κ3) is 3.40. The number of hydrazone groups is 1. The summed E-state index contributed by atoms with van der Waals surface area (Å²) in [5.74, 6) is -2.32. The maximum atomic E-state index is 13.4. The topological polar surface area (TPSA) is 41.5 Å². The molecule has 0 unspecified atom stereocenters. The van der Waals surface area contributed by atoms with Gasteiger partial charge in [0.2, 0.25) is 0 Å². The number of nitrogens with one attached hydrogen (secondary N) is 1. The lowest BCUT2D eigenvalue weighted by atomic mass is 10.2. The number of hydrogen-bond acceptors (Lipinski definition) is 3. The minimum absolute atomic E-state index is 0.397. The van der Waals surface area contributed by atoms with Crippen molar-refractivity contribution in [3.05, 3.63) is 56.7 Å². The second-order valence-corrected chi connectivity index (χ2v) is 5.58. The zero-order valence-corrected chi connectivity index (χ0v) is 11.9. The van der Waals surface area contributed by atoms with E-state index < -0.39 is 23.1 Å². The Labute approximate surface area is 122 Å². The van der Waals surface area contributed by atoms with Gasteiger partial charge in [0.1, 0.15) is 11.6 Å². The van der Waals surface area contributed by atoms with Gasteiger partial charge in [0.25, 0.3) is 5.91 Å². The molecule has 0 atom stereocenters. The van der Waals surface area contributed by atoms with Crippen LogP contribution in [0.2, 0.25) is 4.34 Å². The third-order valence-corrected chi connectivity index (χ3v) is 3.77. The number of thiophene rings is 1. The van der Waals surface area contributed by atoms with E-state index in [0.29, 0.717) is 10.0 Å². The highest BCUT2D eigenvalue weighted by molar-refractivity contribution is 7.18. The predicted octanol–water partition coefficient (Wildman–Crippen LogP) is 3.83. The molecule has 7 heteroatoms. The molecule has 0 aliphatic rings. The molecule has 2 aromatic rings. The molecule has 1 amide bonds. The molecule has 20 heavy (non-hydrogen) atoms. The van der Waals surface area contributed by atoms with E-state index in [1.807, 2.05) is 0 Å². The minimum atomic E-state index is -0.816. The van der Waals surface area contributed by atoms with Gasteiger partial charge in [-0.3, -0.25) is 4.79 Å². The fraction of sp³-hybridized carbons (Fsp3) is 0.0769. The van der Waals surface area contributed by atoms with Crippen LogP contribution in [-0.4, -0.2) is 11.6 Å². The van der Waals surface area contributed by atoms with Gasteiger partial charge in [0.15, 0.2) is 0 Å². The molecule has 0 fully saturated rings. The molecule has 0 bridgehead atoms. The number of halogens is 3. The lowest BCUT2D eigenvalue weighted by Gasteiger charge is -2.03. The number of benzene rings is 1. The lowest BCUT2D eigenvalue weighted by molar-refractivity contribution is 0.0950. The molecule has 0 aliphatic carbocycles. The monoisotopic (exact) mass is 314 g/mol. The van der Waals surface area contributed by atoms with Crippen molar-refractivity contribution in [3.63, 3.8) is 0 Å². The molecule has 0 radical (unpaired) electrons. The predicted molar refractivity (Wildman–Crippen MR) is 75.4 cm³/mol. The molecule has 2 rings (SSSR count). The van der Waals surface area contributed by atoms with Crippen LogP contribution >= 0.6 is 22.9 Å². The van der Waals surface area contributed by atoms with Crippen molar-refractivity contribution in [1.82, 2.24) is 5.43 Å². The Balaban J connectivity index is 2.14. The van der Waals surface area contributed by atoms with Gasteiger partial charge in [-0.1, -0.05) is 11.6 Å².